The van der Waals surface area contributed by atoms with Crippen molar-refractivity contribution < 1.29 is 0 Å². The maximum atomic E-state index is 5.03. The third-order valence-electron chi connectivity index (χ3n) is 8.37. The van der Waals surface area contributed by atoms with E-state index in [0.717, 1.165) is 15.3 Å². The summed E-state index contributed by atoms with van der Waals surface area (Å²) in [6.07, 6.45) is 0. The first-order valence-corrected chi connectivity index (χ1v) is 15.4. The molecule has 0 N–H and O–H groups in total. The summed E-state index contributed by atoms with van der Waals surface area (Å²) in [5.74, 6) is 2.12. The van der Waals surface area contributed by atoms with Crippen LogP contribution in [0.1, 0.15) is 22.3 Å². The topological polar surface area (TPSA) is 38.7 Å². The van der Waals surface area contributed by atoms with Gasteiger partial charge in [-0.25, -0.2) is 15.0 Å². The zero-order chi connectivity index (χ0) is 27.0. The summed E-state index contributed by atoms with van der Waals surface area (Å²) in [5, 5.41) is 4.13. The predicted molar refractivity (Wildman–Crippen MR) is 168 cm³/mol. The van der Waals surface area contributed by atoms with Crippen LogP contribution in [-0.4, -0.2) is 15.0 Å². The van der Waals surface area contributed by atoms with Gasteiger partial charge in [-0.3, -0.25) is 0 Å². The van der Waals surface area contributed by atoms with E-state index in [4.69, 9.17) is 15.0 Å². The van der Waals surface area contributed by atoms with Crippen molar-refractivity contribution in [1.82, 2.24) is 15.0 Å². The Labute approximate surface area is 245 Å². The van der Waals surface area contributed by atoms with E-state index in [1.165, 1.54) is 44.5 Å². The molecule has 0 amide bonds. The lowest BCUT2D eigenvalue weighted by molar-refractivity contribution is 0.794. The van der Waals surface area contributed by atoms with Gasteiger partial charge in [-0.15, -0.1) is 22.7 Å². The summed E-state index contributed by atoms with van der Waals surface area (Å²) in [6.45, 7) is 0. The molecule has 0 fully saturated rings. The van der Waals surface area contributed by atoms with Crippen molar-refractivity contribution in [1.29, 1.82) is 0 Å². The Balaban J connectivity index is 1.33. The minimum atomic E-state index is -0.394. The number of hydrogen-bond donors (Lipinski definition) is 0. The van der Waals surface area contributed by atoms with Gasteiger partial charge in [0, 0.05) is 5.56 Å². The SMILES string of the molecule is c1csc(-c2nc(-c3ccc4c(c3)C3(c5ccccc5-c5ccccc53)c3ccccc3-4)nc(-c3cccs3)n2)c1. The Kier molecular flexibility index (Phi) is 4.86. The van der Waals surface area contributed by atoms with Gasteiger partial charge in [-0.1, -0.05) is 97.1 Å². The number of benzene rings is 4. The molecule has 2 aliphatic carbocycles. The highest BCUT2D eigenvalue weighted by Crippen LogP contribution is 2.62. The Morgan fingerprint density at radius 3 is 1.37 bits per heavy atom. The third kappa shape index (κ3) is 3.16. The number of thiophene rings is 2. The number of nitrogens with zero attached hydrogens (tertiary/aromatic N) is 3. The molecule has 3 aromatic heterocycles. The maximum absolute atomic E-state index is 5.03. The van der Waals surface area contributed by atoms with Gasteiger partial charge < -0.3 is 0 Å². The lowest BCUT2D eigenvalue weighted by atomic mass is 9.70. The summed E-state index contributed by atoms with van der Waals surface area (Å²) in [7, 11) is 0. The molecule has 0 atom stereocenters. The molecular formula is C36H21N3S2. The maximum Gasteiger partial charge on any atom is 0.174 e. The van der Waals surface area contributed by atoms with Crippen LogP contribution in [0.3, 0.4) is 0 Å². The zero-order valence-corrected chi connectivity index (χ0v) is 23.4. The molecule has 7 aromatic rings. The second-order valence-corrected chi connectivity index (χ2v) is 12.3. The highest BCUT2D eigenvalue weighted by atomic mass is 32.1. The molecule has 41 heavy (non-hydrogen) atoms. The zero-order valence-electron chi connectivity index (χ0n) is 21.8. The average molecular weight is 560 g/mol. The summed E-state index contributed by atoms with van der Waals surface area (Å²) in [6, 6.07) is 41.7. The molecule has 2 aliphatic rings. The van der Waals surface area contributed by atoms with Crippen molar-refractivity contribution >= 4 is 22.7 Å². The van der Waals surface area contributed by atoms with Gasteiger partial charge in [-0.2, -0.15) is 0 Å². The Morgan fingerprint density at radius 2 is 0.878 bits per heavy atom. The molecule has 0 saturated carbocycles. The van der Waals surface area contributed by atoms with Gasteiger partial charge in [0.2, 0.25) is 0 Å². The molecule has 192 valence electrons. The third-order valence-corrected chi connectivity index (χ3v) is 10.1. The monoisotopic (exact) mass is 559 g/mol. The molecule has 9 rings (SSSR count). The normalized spacial score (nSPS) is 13.6. The molecule has 0 aliphatic heterocycles. The first-order valence-electron chi connectivity index (χ1n) is 13.6. The number of aromatic nitrogens is 3. The molecule has 1 spiro atoms. The smallest absolute Gasteiger partial charge is 0.174 e. The van der Waals surface area contributed by atoms with Crippen LogP contribution in [0.2, 0.25) is 0 Å². The van der Waals surface area contributed by atoms with Crippen molar-refractivity contribution in [3.8, 4) is 55.0 Å². The highest BCUT2D eigenvalue weighted by Gasteiger charge is 2.51. The molecule has 0 radical (unpaired) electrons. The molecule has 0 bridgehead atoms. The van der Waals surface area contributed by atoms with Gasteiger partial charge in [-0.05, 0) is 73.5 Å². The van der Waals surface area contributed by atoms with E-state index in [9.17, 15) is 0 Å². The molecule has 3 heterocycles. The van der Waals surface area contributed by atoms with Crippen LogP contribution in [-0.2, 0) is 5.41 Å². The fourth-order valence-electron chi connectivity index (χ4n) is 6.77. The minimum absolute atomic E-state index is 0.394. The van der Waals surface area contributed by atoms with E-state index in [-0.39, 0.29) is 0 Å². The van der Waals surface area contributed by atoms with Crippen molar-refractivity contribution in [3.05, 3.63) is 148 Å². The van der Waals surface area contributed by atoms with Crippen LogP contribution < -0.4 is 0 Å². The van der Waals surface area contributed by atoms with Gasteiger partial charge in [0.1, 0.15) is 0 Å². The molecule has 4 aromatic carbocycles. The molecule has 3 nitrogen and oxygen atoms in total. The van der Waals surface area contributed by atoms with Crippen LogP contribution in [0.5, 0.6) is 0 Å². The van der Waals surface area contributed by atoms with Crippen LogP contribution in [0.15, 0.2) is 126 Å². The van der Waals surface area contributed by atoms with Crippen molar-refractivity contribution in [3.63, 3.8) is 0 Å². The number of fused-ring (bicyclic) bond motifs is 10. The summed E-state index contributed by atoms with van der Waals surface area (Å²) < 4.78 is 0. The minimum Gasteiger partial charge on any atom is -0.207 e. The van der Waals surface area contributed by atoms with E-state index < -0.39 is 5.41 Å². The van der Waals surface area contributed by atoms with E-state index in [0.29, 0.717) is 17.5 Å². The summed E-state index contributed by atoms with van der Waals surface area (Å²) in [5.41, 5.74) is 11.0. The Bertz CT molecular complexity index is 1990. The van der Waals surface area contributed by atoms with E-state index in [2.05, 4.69) is 114 Å². The molecule has 5 heteroatoms. The predicted octanol–water partition coefficient (Wildman–Crippen LogP) is 9.34. The number of rotatable bonds is 3. The Morgan fingerprint density at radius 1 is 0.415 bits per heavy atom. The highest BCUT2D eigenvalue weighted by molar-refractivity contribution is 7.13. The quantitative estimate of drug-likeness (QED) is 0.216. The van der Waals surface area contributed by atoms with Crippen LogP contribution >= 0.6 is 22.7 Å². The largest absolute Gasteiger partial charge is 0.207 e. The lowest BCUT2D eigenvalue weighted by Gasteiger charge is -2.30. The van der Waals surface area contributed by atoms with Gasteiger partial charge in [0.15, 0.2) is 17.5 Å². The second-order valence-electron chi connectivity index (χ2n) is 10.4. The molecular weight excluding hydrogens is 539 g/mol. The average Bonchev–Trinajstić information content (AvgIpc) is 3.85. The summed E-state index contributed by atoms with van der Waals surface area (Å²) in [4.78, 5) is 17.0. The van der Waals surface area contributed by atoms with E-state index >= 15 is 0 Å². The second kappa shape index (κ2) is 8.64. The van der Waals surface area contributed by atoms with E-state index in [1.54, 1.807) is 22.7 Å². The fourth-order valence-corrected chi connectivity index (χ4v) is 8.09. The van der Waals surface area contributed by atoms with Crippen molar-refractivity contribution in [2.45, 2.75) is 5.41 Å². The lowest BCUT2D eigenvalue weighted by Crippen LogP contribution is -2.25. The van der Waals surface area contributed by atoms with Gasteiger partial charge in [0.25, 0.3) is 0 Å². The van der Waals surface area contributed by atoms with Crippen LogP contribution in [0.25, 0.3) is 55.0 Å². The van der Waals surface area contributed by atoms with Crippen molar-refractivity contribution in [2.24, 2.45) is 0 Å². The van der Waals surface area contributed by atoms with Crippen LogP contribution in [0, 0.1) is 0 Å². The first kappa shape index (κ1) is 23.0. The van der Waals surface area contributed by atoms with Crippen molar-refractivity contribution in [2.75, 3.05) is 0 Å². The molecule has 0 saturated heterocycles. The fraction of sp³-hybridized carbons (Fsp3) is 0.0278. The van der Waals surface area contributed by atoms with E-state index in [1.807, 2.05) is 12.1 Å². The Hall–Kier alpha value is -4.71. The summed E-state index contributed by atoms with van der Waals surface area (Å²) >= 11 is 3.30. The number of hydrogen-bond acceptors (Lipinski definition) is 5. The van der Waals surface area contributed by atoms with Gasteiger partial charge >= 0.3 is 0 Å². The standard InChI is InChI=1S/C36H21N3S2/c1-4-12-27-23(9-1)24-10-2-5-13-28(24)36(27)29-14-6-3-11-25(29)26-18-17-22(21-30(26)36)33-37-34(31-15-7-19-40-31)39-35(38-33)32-16-8-20-41-32/h1-21H. The van der Waals surface area contributed by atoms with Gasteiger partial charge in [0.05, 0.1) is 15.2 Å². The first-order chi connectivity index (χ1) is 20.3. The molecule has 0 unspecified atom stereocenters. The van der Waals surface area contributed by atoms with Crippen LogP contribution in [0.4, 0.5) is 0 Å².